The van der Waals surface area contributed by atoms with Crippen LogP contribution in [0.4, 0.5) is 5.69 Å². The van der Waals surface area contributed by atoms with Gasteiger partial charge in [-0.1, -0.05) is 6.08 Å². The summed E-state index contributed by atoms with van der Waals surface area (Å²) >= 11 is 0. The maximum absolute atomic E-state index is 9.38. The highest BCUT2D eigenvalue weighted by Crippen LogP contribution is 2.25. The Morgan fingerprint density at radius 1 is 1.36 bits per heavy atom. The van der Waals surface area contributed by atoms with E-state index in [0.29, 0.717) is 5.56 Å². The standard InChI is InChI=1S/C11H13NO2/c13-8-9-7-10(3-4-11(9)14)12-5-1-2-6-12/h1,3-5,7,13-14H,2,6,8H2. The molecular formula is C11H13NO2. The van der Waals surface area contributed by atoms with Gasteiger partial charge in [-0.2, -0.15) is 0 Å². The largest absolute Gasteiger partial charge is 0.508 e. The second kappa shape index (κ2) is 3.72. The zero-order valence-electron chi connectivity index (χ0n) is 7.85. The van der Waals surface area contributed by atoms with Crippen LogP contribution in [0, 0.1) is 0 Å². The number of rotatable bonds is 2. The number of aliphatic hydroxyl groups is 1. The molecule has 1 aromatic carbocycles. The lowest BCUT2D eigenvalue weighted by molar-refractivity contribution is 0.275. The SMILES string of the molecule is OCc1cc(N2C=CCC2)ccc1O. The van der Waals surface area contributed by atoms with E-state index in [2.05, 4.69) is 11.0 Å². The van der Waals surface area contributed by atoms with Crippen LogP contribution in [0.1, 0.15) is 12.0 Å². The van der Waals surface area contributed by atoms with Gasteiger partial charge in [0.1, 0.15) is 5.75 Å². The monoisotopic (exact) mass is 191 g/mol. The quantitative estimate of drug-likeness (QED) is 0.746. The van der Waals surface area contributed by atoms with Crippen molar-refractivity contribution in [2.75, 3.05) is 11.4 Å². The van der Waals surface area contributed by atoms with E-state index in [-0.39, 0.29) is 12.4 Å². The topological polar surface area (TPSA) is 43.7 Å². The van der Waals surface area contributed by atoms with Gasteiger partial charge in [0.2, 0.25) is 0 Å². The molecule has 2 N–H and O–H groups in total. The summed E-state index contributed by atoms with van der Waals surface area (Å²) in [5.74, 6) is 0.152. The van der Waals surface area contributed by atoms with E-state index in [1.54, 1.807) is 6.07 Å². The molecule has 0 bridgehead atoms. The summed E-state index contributed by atoms with van der Waals surface area (Å²) in [6.07, 6.45) is 5.17. The van der Waals surface area contributed by atoms with Crippen molar-refractivity contribution in [2.45, 2.75) is 13.0 Å². The molecule has 0 aromatic heterocycles. The molecule has 0 spiro atoms. The van der Waals surface area contributed by atoms with Gasteiger partial charge in [0.05, 0.1) is 6.61 Å². The lowest BCUT2D eigenvalue weighted by Gasteiger charge is -2.16. The summed E-state index contributed by atoms with van der Waals surface area (Å²) in [6, 6.07) is 5.28. The summed E-state index contributed by atoms with van der Waals surface area (Å²) in [5.41, 5.74) is 1.59. The molecule has 2 rings (SSSR count). The predicted molar refractivity (Wildman–Crippen MR) is 55.1 cm³/mol. The summed E-state index contributed by atoms with van der Waals surface area (Å²) in [5, 5.41) is 18.4. The van der Waals surface area contributed by atoms with Crippen molar-refractivity contribution >= 4 is 5.69 Å². The number of hydrogen-bond donors (Lipinski definition) is 2. The first-order valence-corrected chi connectivity index (χ1v) is 4.67. The Bertz CT molecular complexity index is 360. The molecule has 1 heterocycles. The van der Waals surface area contributed by atoms with Crippen molar-refractivity contribution < 1.29 is 10.2 Å². The molecule has 3 heteroatoms. The van der Waals surface area contributed by atoms with E-state index in [4.69, 9.17) is 5.11 Å². The first kappa shape index (κ1) is 9.09. The number of benzene rings is 1. The highest BCUT2D eigenvalue weighted by atomic mass is 16.3. The van der Waals surface area contributed by atoms with E-state index in [0.717, 1.165) is 18.7 Å². The Hall–Kier alpha value is -1.48. The van der Waals surface area contributed by atoms with Crippen molar-refractivity contribution in [1.82, 2.24) is 0 Å². The molecule has 3 nitrogen and oxygen atoms in total. The van der Waals surface area contributed by atoms with Gasteiger partial charge in [-0.15, -0.1) is 0 Å². The zero-order chi connectivity index (χ0) is 9.97. The van der Waals surface area contributed by atoms with Crippen LogP contribution < -0.4 is 4.90 Å². The van der Waals surface area contributed by atoms with Crippen LogP contribution in [0.25, 0.3) is 0 Å². The fourth-order valence-electron chi connectivity index (χ4n) is 1.58. The smallest absolute Gasteiger partial charge is 0.121 e. The Morgan fingerprint density at radius 2 is 2.21 bits per heavy atom. The molecule has 0 fully saturated rings. The van der Waals surface area contributed by atoms with Gasteiger partial charge in [0.25, 0.3) is 0 Å². The van der Waals surface area contributed by atoms with Gasteiger partial charge in [-0.05, 0) is 24.6 Å². The van der Waals surface area contributed by atoms with Crippen molar-refractivity contribution in [1.29, 1.82) is 0 Å². The molecule has 0 radical (unpaired) electrons. The molecule has 14 heavy (non-hydrogen) atoms. The molecule has 1 aromatic rings. The van der Waals surface area contributed by atoms with Gasteiger partial charge in [-0.25, -0.2) is 0 Å². The minimum Gasteiger partial charge on any atom is -0.508 e. The highest BCUT2D eigenvalue weighted by molar-refractivity contribution is 5.55. The fourth-order valence-corrected chi connectivity index (χ4v) is 1.58. The zero-order valence-corrected chi connectivity index (χ0v) is 7.85. The normalized spacial score (nSPS) is 15.1. The Morgan fingerprint density at radius 3 is 2.86 bits per heavy atom. The third-order valence-electron chi connectivity index (χ3n) is 2.39. The van der Waals surface area contributed by atoms with E-state index >= 15 is 0 Å². The third kappa shape index (κ3) is 1.59. The summed E-state index contributed by atoms with van der Waals surface area (Å²) < 4.78 is 0. The second-order valence-corrected chi connectivity index (χ2v) is 3.34. The number of nitrogens with zero attached hydrogens (tertiary/aromatic N) is 1. The van der Waals surface area contributed by atoms with Crippen LogP contribution in [0.3, 0.4) is 0 Å². The third-order valence-corrected chi connectivity index (χ3v) is 2.39. The van der Waals surface area contributed by atoms with E-state index < -0.39 is 0 Å². The summed E-state index contributed by atoms with van der Waals surface area (Å²) in [6.45, 7) is 0.840. The van der Waals surface area contributed by atoms with Gasteiger partial charge < -0.3 is 15.1 Å². The minimum absolute atomic E-state index is 0.128. The molecule has 0 aliphatic carbocycles. The van der Waals surface area contributed by atoms with Gasteiger partial charge >= 0.3 is 0 Å². The number of hydrogen-bond acceptors (Lipinski definition) is 3. The van der Waals surface area contributed by atoms with E-state index in [9.17, 15) is 5.11 Å². The Labute approximate surface area is 82.9 Å². The average molecular weight is 191 g/mol. The van der Waals surface area contributed by atoms with Crippen molar-refractivity contribution in [3.8, 4) is 5.75 Å². The molecule has 0 atom stereocenters. The Balaban J connectivity index is 2.30. The van der Waals surface area contributed by atoms with Crippen LogP contribution in [0.15, 0.2) is 30.5 Å². The minimum atomic E-state index is -0.128. The van der Waals surface area contributed by atoms with Crippen LogP contribution >= 0.6 is 0 Å². The molecule has 0 unspecified atom stereocenters. The Kier molecular flexibility index (Phi) is 2.41. The maximum atomic E-state index is 9.38. The number of anilines is 1. The lowest BCUT2D eigenvalue weighted by Crippen LogP contribution is -2.12. The van der Waals surface area contributed by atoms with Gasteiger partial charge in [0, 0.05) is 24.0 Å². The first-order chi connectivity index (χ1) is 6.81. The van der Waals surface area contributed by atoms with Crippen molar-refractivity contribution in [3.63, 3.8) is 0 Å². The average Bonchev–Trinajstić information content (AvgIpc) is 2.71. The van der Waals surface area contributed by atoms with Crippen LogP contribution in [0.2, 0.25) is 0 Å². The molecular weight excluding hydrogens is 178 g/mol. The van der Waals surface area contributed by atoms with E-state index in [1.165, 1.54) is 0 Å². The van der Waals surface area contributed by atoms with E-state index in [1.807, 2.05) is 18.3 Å². The fraction of sp³-hybridized carbons (Fsp3) is 0.273. The number of phenols is 1. The molecule has 0 amide bonds. The summed E-state index contributed by atoms with van der Waals surface area (Å²) in [4.78, 5) is 2.10. The molecule has 74 valence electrons. The van der Waals surface area contributed by atoms with Crippen LogP contribution in [-0.4, -0.2) is 16.8 Å². The lowest BCUT2D eigenvalue weighted by atomic mass is 10.2. The van der Waals surface area contributed by atoms with Gasteiger partial charge in [-0.3, -0.25) is 0 Å². The highest BCUT2D eigenvalue weighted by Gasteiger charge is 2.09. The molecule has 0 saturated carbocycles. The second-order valence-electron chi connectivity index (χ2n) is 3.34. The maximum Gasteiger partial charge on any atom is 0.121 e. The molecule has 1 aliphatic heterocycles. The number of aromatic hydroxyl groups is 1. The van der Waals surface area contributed by atoms with Crippen molar-refractivity contribution in [2.24, 2.45) is 0 Å². The number of aliphatic hydroxyl groups excluding tert-OH is 1. The summed E-state index contributed by atoms with van der Waals surface area (Å²) in [7, 11) is 0. The molecule has 1 aliphatic rings. The first-order valence-electron chi connectivity index (χ1n) is 4.67. The van der Waals surface area contributed by atoms with Crippen molar-refractivity contribution in [3.05, 3.63) is 36.0 Å². The van der Waals surface area contributed by atoms with Crippen LogP contribution in [-0.2, 0) is 6.61 Å². The van der Waals surface area contributed by atoms with Crippen LogP contribution in [0.5, 0.6) is 5.75 Å². The van der Waals surface area contributed by atoms with Gasteiger partial charge in [0.15, 0.2) is 0 Å². The molecule has 0 saturated heterocycles. The predicted octanol–water partition coefficient (Wildman–Crippen LogP) is 1.61.